The van der Waals surface area contributed by atoms with Gasteiger partial charge >= 0.3 is 6.18 Å². The number of rotatable bonds is 6. The van der Waals surface area contributed by atoms with Crippen molar-refractivity contribution in [2.75, 3.05) is 23.3 Å². The van der Waals surface area contributed by atoms with Crippen molar-refractivity contribution >= 4 is 11.6 Å². The molecule has 2 aliphatic rings. The van der Waals surface area contributed by atoms with Crippen molar-refractivity contribution in [1.29, 1.82) is 0 Å². The van der Waals surface area contributed by atoms with Gasteiger partial charge in [-0.2, -0.15) is 13.2 Å². The number of anilines is 2. The Bertz CT molecular complexity index is 1120. The fourth-order valence-corrected chi connectivity index (χ4v) is 5.82. The highest BCUT2D eigenvalue weighted by Crippen LogP contribution is 2.36. The Kier molecular flexibility index (Phi) is 7.44. The number of hydrogen-bond acceptors (Lipinski definition) is 4. The Balaban J connectivity index is 1.23. The lowest BCUT2D eigenvalue weighted by Gasteiger charge is -2.39. The summed E-state index contributed by atoms with van der Waals surface area (Å²) in [5, 5.41) is 3.65. The van der Waals surface area contributed by atoms with Crippen LogP contribution in [0.4, 0.5) is 24.8 Å². The van der Waals surface area contributed by atoms with Gasteiger partial charge in [-0.05, 0) is 74.3 Å². The van der Waals surface area contributed by atoms with Gasteiger partial charge in [0, 0.05) is 36.6 Å². The number of nitrogens with zero attached hydrogens (tertiary/aromatic N) is 3. The standard InChI is InChI=1S/C29H33F3N4/c30-29(31,32)24-12-14-25(15-13-24)36-18-6-7-21(20-36)19-23-10-4-5-11-26(23)34-28-33-17-16-27(35-28)22-8-2-1-3-9-22/h1-3,8-9,12-17,21,23,26H,4-7,10-11,18-20H2,(H,33,34,35)/t21-,23+,26-/m1/s1. The zero-order chi connectivity index (χ0) is 25.0. The van der Waals surface area contributed by atoms with E-state index in [4.69, 9.17) is 4.98 Å². The third kappa shape index (κ3) is 6.00. The highest BCUT2D eigenvalue weighted by Gasteiger charge is 2.32. The molecule has 0 unspecified atom stereocenters. The van der Waals surface area contributed by atoms with Gasteiger partial charge in [0.1, 0.15) is 0 Å². The SMILES string of the molecule is FC(F)(F)c1ccc(N2CCC[C@H](C[C@@H]3CCCC[C@H]3Nc3nccc(-c4ccccc4)n3)C2)cc1. The maximum atomic E-state index is 13.0. The summed E-state index contributed by atoms with van der Waals surface area (Å²) in [6.07, 6.45) is 5.62. The summed E-state index contributed by atoms with van der Waals surface area (Å²) in [5.41, 5.74) is 2.29. The zero-order valence-electron chi connectivity index (χ0n) is 20.4. The van der Waals surface area contributed by atoms with E-state index in [-0.39, 0.29) is 0 Å². The summed E-state index contributed by atoms with van der Waals surface area (Å²) in [5.74, 6) is 1.76. The van der Waals surface area contributed by atoms with Gasteiger partial charge in [-0.3, -0.25) is 0 Å². The molecule has 5 rings (SSSR count). The number of benzene rings is 2. The van der Waals surface area contributed by atoms with Gasteiger partial charge in [0.05, 0.1) is 11.3 Å². The quantitative estimate of drug-likeness (QED) is 0.387. The summed E-state index contributed by atoms with van der Waals surface area (Å²) >= 11 is 0. The second kappa shape index (κ2) is 10.9. The van der Waals surface area contributed by atoms with Crippen molar-refractivity contribution in [1.82, 2.24) is 9.97 Å². The highest BCUT2D eigenvalue weighted by molar-refractivity contribution is 5.59. The number of hydrogen-bond donors (Lipinski definition) is 1. The van der Waals surface area contributed by atoms with Crippen LogP contribution >= 0.6 is 0 Å². The number of aromatic nitrogens is 2. The minimum absolute atomic E-state index is 0.339. The number of alkyl halides is 3. The first-order valence-electron chi connectivity index (χ1n) is 13.0. The van der Waals surface area contributed by atoms with Crippen LogP contribution in [0.2, 0.25) is 0 Å². The summed E-state index contributed by atoms with van der Waals surface area (Å²) in [6.45, 7) is 1.79. The van der Waals surface area contributed by atoms with Crippen LogP contribution in [-0.4, -0.2) is 29.1 Å². The first kappa shape index (κ1) is 24.6. The van der Waals surface area contributed by atoms with Crippen molar-refractivity contribution in [3.05, 3.63) is 72.4 Å². The molecule has 36 heavy (non-hydrogen) atoms. The molecule has 1 aliphatic carbocycles. The highest BCUT2D eigenvalue weighted by atomic mass is 19.4. The molecule has 0 bridgehead atoms. The predicted molar refractivity (Wildman–Crippen MR) is 138 cm³/mol. The first-order chi connectivity index (χ1) is 17.5. The van der Waals surface area contributed by atoms with Crippen LogP contribution in [0.25, 0.3) is 11.3 Å². The second-order valence-corrected chi connectivity index (χ2v) is 10.2. The van der Waals surface area contributed by atoms with E-state index in [2.05, 4.69) is 27.3 Å². The van der Waals surface area contributed by atoms with E-state index >= 15 is 0 Å². The summed E-state index contributed by atoms with van der Waals surface area (Å²) in [4.78, 5) is 11.5. The lowest BCUT2D eigenvalue weighted by molar-refractivity contribution is -0.137. The van der Waals surface area contributed by atoms with Crippen molar-refractivity contribution < 1.29 is 13.2 Å². The molecule has 3 aromatic rings. The topological polar surface area (TPSA) is 41.0 Å². The Morgan fingerprint density at radius 3 is 2.44 bits per heavy atom. The molecule has 3 atom stereocenters. The van der Waals surface area contributed by atoms with E-state index < -0.39 is 11.7 Å². The van der Waals surface area contributed by atoms with Crippen LogP contribution in [0.5, 0.6) is 0 Å². The fraction of sp³-hybridized carbons (Fsp3) is 0.448. The minimum atomic E-state index is -4.30. The molecular formula is C29H33F3N4. The van der Waals surface area contributed by atoms with Crippen LogP contribution in [0.1, 0.15) is 50.5 Å². The molecule has 4 nitrogen and oxygen atoms in total. The third-order valence-corrected chi connectivity index (χ3v) is 7.66. The molecule has 2 fully saturated rings. The maximum absolute atomic E-state index is 13.0. The van der Waals surface area contributed by atoms with E-state index in [0.717, 1.165) is 49.3 Å². The van der Waals surface area contributed by atoms with Gasteiger partial charge in [-0.1, -0.05) is 43.2 Å². The van der Waals surface area contributed by atoms with Gasteiger partial charge in [0.25, 0.3) is 0 Å². The van der Waals surface area contributed by atoms with Crippen LogP contribution < -0.4 is 10.2 Å². The van der Waals surface area contributed by atoms with E-state index in [0.29, 0.717) is 23.8 Å². The largest absolute Gasteiger partial charge is 0.416 e. The van der Waals surface area contributed by atoms with Crippen LogP contribution in [-0.2, 0) is 6.18 Å². The van der Waals surface area contributed by atoms with Gasteiger partial charge in [0.2, 0.25) is 5.95 Å². The second-order valence-electron chi connectivity index (χ2n) is 10.2. The third-order valence-electron chi connectivity index (χ3n) is 7.66. The Hall–Kier alpha value is -3.09. The molecule has 1 aromatic heterocycles. The molecule has 7 heteroatoms. The smallest absolute Gasteiger partial charge is 0.371 e. The van der Waals surface area contributed by atoms with Crippen molar-refractivity contribution in [2.45, 2.75) is 57.2 Å². The molecular weight excluding hydrogens is 461 g/mol. The van der Waals surface area contributed by atoms with Gasteiger partial charge in [0.15, 0.2) is 0 Å². The van der Waals surface area contributed by atoms with Gasteiger partial charge < -0.3 is 10.2 Å². The number of piperidine rings is 1. The van der Waals surface area contributed by atoms with E-state index in [9.17, 15) is 13.2 Å². The lowest BCUT2D eigenvalue weighted by atomic mass is 9.77. The Morgan fingerprint density at radius 1 is 0.889 bits per heavy atom. The number of halogens is 3. The maximum Gasteiger partial charge on any atom is 0.416 e. The van der Waals surface area contributed by atoms with E-state index in [1.807, 2.05) is 30.5 Å². The summed E-state index contributed by atoms with van der Waals surface area (Å²) in [7, 11) is 0. The van der Waals surface area contributed by atoms with Gasteiger partial charge in [-0.25, -0.2) is 9.97 Å². The normalized spacial score (nSPS) is 22.9. The molecule has 2 heterocycles. The van der Waals surface area contributed by atoms with E-state index in [1.54, 1.807) is 12.1 Å². The van der Waals surface area contributed by atoms with Crippen LogP contribution in [0, 0.1) is 11.8 Å². The van der Waals surface area contributed by atoms with Gasteiger partial charge in [-0.15, -0.1) is 0 Å². The van der Waals surface area contributed by atoms with Crippen LogP contribution in [0.3, 0.4) is 0 Å². The molecule has 0 amide bonds. The van der Waals surface area contributed by atoms with Crippen molar-refractivity contribution in [3.63, 3.8) is 0 Å². The average Bonchev–Trinajstić information content (AvgIpc) is 2.90. The molecule has 190 valence electrons. The zero-order valence-corrected chi connectivity index (χ0v) is 20.4. The lowest BCUT2D eigenvalue weighted by Crippen LogP contribution is -2.39. The molecule has 1 aliphatic heterocycles. The fourth-order valence-electron chi connectivity index (χ4n) is 5.82. The first-order valence-corrected chi connectivity index (χ1v) is 13.0. The molecule has 1 saturated carbocycles. The van der Waals surface area contributed by atoms with E-state index in [1.165, 1.54) is 37.8 Å². The predicted octanol–water partition coefficient (Wildman–Crippen LogP) is 7.44. The van der Waals surface area contributed by atoms with Crippen molar-refractivity contribution in [2.24, 2.45) is 11.8 Å². The minimum Gasteiger partial charge on any atom is -0.371 e. The molecule has 0 radical (unpaired) electrons. The molecule has 1 saturated heterocycles. The summed E-state index contributed by atoms with van der Waals surface area (Å²) in [6, 6.07) is 18.1. The Labute approximate surface area is 211 Å². The van der Waals surface area contributed by atoms with Crippen molar-refractivity contribution in [3.8, 4) is 11.3 Å². The summed E-state index contributed by atoms with van der Waals surface area (Å²) < 4.78 is 38.9. The molecule has 2 aromatic carbocycles. The molecule has 0 spiro atoms. The monoisotopic (exact) mass is 494 g/mol. The average molecular weight is 495 g/mol. The number of nitrogens with one attached hydrogen (secondary N) is 1. The Morgan fingerprint density at radius 2 is 1.67 bits per heavy atom. The van der Waals surface area contributed by atoms with Crippen LogP contribution in [0.15, 0.2) is 66.9 Å². The molecule has 1 N–H and O–H groups in total.